The van der Waals surface area contributed by atoms with E-state index in [4.69, 9.17) is 0 Å². The number of carbonyl (C=O) groups is 2. The van der Waals surface area contributed by atoms with Crippen LogP contribution in [0.15, 0.2) is 18.2 Å². The molecular weight excluding hydrogens is 284 g/mol. The molecular formula is C16H20N2O2S. The van der Waals surface area contributed by atoms with Crippen LogP contribution < -0.4 is 10.6 Å². The van der Waals surface area contributed by atoms with Gasteiger partial charge in [0, 0.05) is 29.0 Å². The number of amides is 2. The highest BCUT2D eigenvalue weighted by molar-refractivity contribution is 8.00. The summed E-state index contributed by atoms with van der Waals surface area (Å²) in [4.78, 5) is 23.6. The maximum Gasteiger partial charge on any atom is 0.251 e. The first-order chi connectivity index (χ1) is 10.1. The van der Waals surface area contributed by atoms with E-state index in [1.54, 1.807) is 6.07 Å². The minimum absolute atomic E-state index is 0.0246. The number of thioether (sulfide) groups is 1. The van der Waals surface area contributed by atoms with Gasteiger partial charge in [0.15, 0.2) is 0 Å². The lowest BCUT2D eigenvalue weighted by atomic mass is 10.00. The molecule has 3 rings (SSSR count). The van der Waals surface area contributed by atoms with Crippen LogP contribution in [0.1, 0.15) is 42.1 Å². The predicted octanol–water partition coefficient (Wildman–Crippen LogP) is 2.59. The van der Waals surface area contributed by atoms with E-state index in [-0.39, 0.29) is 16.6 Å². The third-order valence-corrected chi connectivity index (χ3v) is 5.72. The van der Waals surface area contributed by atoms with E-state index in [1.807, 2.05) is 23.9 Å². The zero-order chi connectivity index (χ0) is 14.9. The molecule has 21 heavy (non-hydrogen) atoms. The van der Waals surface area contributed by atoms with Gasteiger partial charge in [-0.05, 0) is 55.7 Å². The van der Waals surface area contributed by atoms with Gasteiger partial charge < -0.3 is 10.6 Å². The predicted molar refractivity (Wildman–Crippen MR) is 85.8 cm³/mol. The highest BCUT2D eigenvalue weighted by Crippen LogP contribution is 2.37. The fourth-order valence-electron chi connectivity index (χ4n) is 2.87. The van der Waals surface area contributed by atoms with Crippen molar-refractivity contribution in [1.29, 1.82) is 0 Å². The maximum atomic E-state index is 12.3. The highest BCUT2D eigenvalue weighted by Gasteiger charge is 2.29. The van der Waals surface area contributed by atoms with Gasteiger partial charge >= 0.3 is 0 Å². The molecule has 0 aromatic heterocycles. The van der Waals surface area contributed by atoms with Crippen LogP contribution in [-0.2, 0) is 11.2 Å². The van der Waals surface area contributed by atoms with Gasteiger partial charge in [0.2, 0.25) is 5.91 Å². The molecule has 2 aliphatic rings. The lowest BCUT2D eigenvalue weighted by molar-refractivity contribution is -0.116. The molecule has 1 unspecified atom stereocenters. The SMILES string of the molecule is CC1(CNC(=O)c2ccc3c(c2)CCC(=O)N3)CCCS1. The molecule has 0 saturated carbocycles. The number of carbonyl (C=O) groups excluding carboxylic acids is 2. The zero-order valence-corrected chi connectivity index (χ0v) is 13.0. The number of benzene rings is 1. The Morgan fingerprint density at radius 2 is 2.29 bits per heavy atom. The third-order valence-electron chi connectivity index (χ3n) is 4.19. The Balaban J connectivity index is 1.66. The first kappa shape index (κ1) is 14.4. The van der Waals surface area contributed by atoms with E-state index in [1.165, 1.54) is 12.2 Å². The van der Waals surface area contributed by atoms with Crippen molar-refractivity contribution < 1.29 is 9.59 Å². The van der Waals surface area contributed by atoms with Gasteiger partial charge in [-0.2, -0.15) is 11.8 Å². The molecule has 1 atom stereocenters. The summed E-state index contributed by atoms with van der Waals surface area (Å²) in [6.07, 6.45) is 3.59. The van der Waals surface area contributed by atoms with Crippen molar-refractivity contribution in [2.75, 3.05) is 17.6 Å². The highest BCUT2D eigenvalue weighted by atomic mass is 32.2. The van der Waals surface area contributed by atoms with Gasteiger partial charge in [0.1, 0.15) is 0 Å². The Labute approximate surface area is 129 Å². The molecule has 1 fully saturated rings. The van der Waals surface area contributed by atoms with Gasteiger partial charge in [0.25, 0.3) is 5.91 Å². The van der Waals surface area contributed by atoms with Crippen LogP contribution in [0, 0.1) is 0 Å². The Morgan fingerprint density at radius 1 is 1.43 bits per heavy atom. The lowest BCUT2D eigenvalue weighted by Crippen LogP contribution is -2.36. The van der Waals surface area contributed by atoms with Crippen LogP contribution in [0.2, 0.25) is 0 Å². The third kappa shape index (κ3) is 3.23. The van der Waals surface area contributed by atoms with E-state index in [2.05, 4.69) is 17.6 Å². The summed E-state index contributed by atoms with van der Waals surface area (Å²) in [5, 5.41) is 5.88. The van der Waals surface area contributed by atoms with E-state index in [0.29, 0.717) is 24.9 Å². The second-order valence-electron chi connectivity index (χ2n) is 6.00. The number of aryl methyl sites for hydroxylation is 1. The number of hydrogen-bond donors (Lipinski definition) is 2. The van der Waals surface area contributed by atoms with Gasteiger partial charge in [-0.15, -0.1) is 0 Å². The molecule has 112 valence electrons. The smallest absolute Gasteiger partial charge is 0.251 e. The molecule has 2 amide bonds. The quantitative estimate of drug-likeness (QED) is 0.902. The van der Waals surface area contributed by atoms with Crippen LogP contribution in [0.25, 0.3) is 0 Å². The van der Waals surface area contributed by atoms with Crippen molar-refractivity contribution >= 4 is 29.3 Å². The van der Waals surface area contributed by atoms with E-state index in [9.17, 15) is 9.59 Å². The monoisotopic (exact) mass is 304 g/mol. The summed E-state index contributed by atoms with van der Waals surface area (Å²) in [5.74, 6) is 1.21. The Kier molecular flexibility index (Phi) is 3.93. The van der Waals surface area contributed by atoms with Crippen molar-refractivity contribution in [2.45, 2.75) is 37.4 Å². The van der Waals surface area contributed by atoms with Crippen molar-refractivity contribution in [3.05, 3.63) is 29.3 Å². The average Bonchev–Trinajstić information content (AvgIpc) is 2.91. The van der Waals surface area contributed by atoms with Gasteiger partial charge in [-0.3, -0.25) is 9.59 Å². The van der Waals surface area contributed by atoms with Crippen molar-refractivity contribution in [3.63, 3.8) is 0 Å². The molecule has 5 heteroatoms. The van der Waals surface area contributed by atoms with Crippen molar-refractivity contribution in [1.82, 2.24) is 5.32 Å². The molecule has 1 aromatic carbocycles. The topological polar surface area (TPSA) is 58.2 Å². The second-order valence-corrected chi connectivity index (χ2v) is 7.69. The van der Waals surface area contributed by atoms with Crippen LogP contribution in [0.4, 0.5) is 5.69 Å². The summed E-state index contributed by atoms with van der Waals surface area (Å²) in [5.41, 5.74) is 2.56. The zero-order valence-electron chi connectivity index (χ0n) is 12.2. The molecule has 0 radical (unpaired) electrons. The summed E-state index contributed by atoms with van der Waals surface area (Å²) >= 11 is 1.94. The van der Waals surface area contributed by atoms with Crippen LogP contribution in [0.3, 0.4) is 0 Å². The number of nitrogens with one attached hydrogen (secondary N) is 2. The summed E-state index contributed by atoms with van der Waals surface area (Å²) in [7, 11) is 0. The molecule has 0 bridgehead atoms. The number of fused-ring (bicyclic) bond motifs is 1. The molecule has 0 aliphatic carbocycles. The number of hydrogen-bond acceptors (Lipinski definition) is 3. The second kappa shape index (κ2) is 5.72. The molecule has 0 spiro atoms. The molecule has 4 nitrogen and oxygen atoms in total. The number of anilines is 1. The standard InChI is InChI=1S/C16H20N2O2S/c1-16(7-2-8-21-16)10-17-15(20)12-3-5-13-11(9-12)4-6-14(19)18-13/h3,5,9H,2,4,6-8,10H2,1H3,(H,17,20)(H,18,19). The Bertz CT molecular complexity index is 580. The van der Waals surface area contributed by atoms with Gasteiger partial charge in [-0.1, -0.05) is 0 Å². The molecule has 1 saturated heterocycles. The van der Waals surface area contributed by atoms with Crippen LogP contribution in [-0.4, -0.2) is 28.9 Å². The summed E-state index contributed by atoms with van der Waals surface area (Å²) in [6, 6.07) is 5.51. The largest absolute Gasteiger partial charge is 0.351 e. The Morgan fingerprint density at radius 3 is 3.05 bits per heavy atom. The van der Waals surface area contributed by atoms with Gasteiger partial charge in [0.05, 0.1) is 0 Å². The first-order valence-electron chi connectivity index (χ1n) is 7.41. The number of rotatable bonds is 3. The average molecular weight is 304 g/mol. The minimum atomic E-state index is -0.0246. The lowest BCUT2D eigenvalue weighted by Gasteiger charge is -2.23. The minimum Gasteiger partial charge on any atom is -0.351 e. The van der Waals surface area contributed by atoms with Crippen LogP contribution >= 0.6 is 11.8 Å². The molecule has 2 aliphatic heterocycles. The van der Waals surface area contributed by atoms with Gasteiger partial charge in [-0.25, -0.2) is 0 Å². The molecule has 2 heterocycles. The van der Waals surface area contributed by atoms with Crippen molar-refractivity contribution in [3.8, 4) is 0 Å². The van der Waals surface area contributed by atoms with E-state index >= 15 is 0 Å². The van der Waals surface area contributed by atoms with E-state index < -0.39 is 0 Å². The first-order valence-corrected chi connectivity index (χ1v) is 8.39. The molecule has 2 N–H and O–H groups in total. The summed E-state index contributed by atoms with van der Waals surface area (Å²) < 4.78 is 0.178. The fraction of sp³-hybridized carbons (Fsp3) is 0.500. The van der Waals surface area contributed by atoms with Crippen molar-refractivity contribution in [2.24, 2.45) is 0 Å². The van der Waals surface area contributed by atoms with Crippen LogP contribution in [0.5, 0.6) is 0 Å². The normalized spacial score (nSPS) is 24.3. The van der Waals surface area contributed by atoms with E-state index in [0.717, 1.165) is 17.7 Å². The fourth-order valence-corrected chi connectivity index (χ4v) is 4.11. The molecule has 1 aromatic rings. The summed E-state index contributed by atoms with van der Waals surface area (Å²) in [6.45, 7) is 2.93. The Hall–Kier alpha value is -1.49. The maximum absolute atomic E-state index is 12.3.